The van der Waals surface area contributed by atoms with Crippen molar-refractivity contribution in [3.8, 4) is 5.75 Å². The number of carbonyl (C=O) groups is 2. The molecule has 0 saturated heterocycles. The Hall–Kier alpha value is -3.42. The van der Waals surface area contributed by atoms with Crippen LogP contribution in [0.1, 0.15) is 30.1 Å². The van der Waals surface area contributed by atoms with Gasteiger partial charge in [0.2, 0.25) is 5.91 Å². The Kier molecular flexibility index (Phi) is 7.95. The second kappa shape index (κ2) is 10.7. The van der Waals surface area contributed by atoms with Crippen LogP contribution in [0.4, 0.5) is 11.4 Å². The van der Waals surface area contributed by atoms with E-state index in [4.69, 9.17) is 4.74 Å². The van der Waals surface area contributed by atoms with E-state index in [1.54, 1.807) is 42.5 Å². The van der Waals surface area contributed by atoms with Gasteiger partial charge in [-0.3, -0.25) is 19.7 Å². The number of anilines is 1. The summed E-state index contributed by atoms with van der Waals surface area (Å²) in [4.78, 5) is 34.5. The van der Waals surface area contributed by atoms with Gasteiger partial charge in [-0.2, -0.15) is 0 Å². The first-order valence-corrected chi connectivity index (χ1v) is 9.01. The molecule has 0 unspecified atom stereocenters. The summed E-state index contributed by atoms with van der Waals surface area (Å²) in [5.41, 5.74) is 0.913. The zero-order chi connectivity index (χ0) is 20.4. The third kappa shape index (κ3) is 6.39. The molecule has 8 nitrogen and oxygen atoms in total. The Morgan fingerprint density at radius 2 is 1.75 bits per heavy atom. The summed E-state index contributed by atoms with van der Waals surface area (Å²) >= 11 is 0. The minimum atomic E-state index is -0.465. The van der Waals surface area contributed by atoms with E-state index < -0.39 is 4.92 Å². The summed E-state index contributed by atoms with van der Waals surface area (Å²) < 4.78 is 5.33. The highest BCUT2D eigenvalue weighted by atomic mass is 16.6. The molecule has 0 saturated carbocycles. The van der Waals surface area contributed by atoms with E-state index in [0.29, 0.717) is 36.7 Å². The maximum Gasteiger partial charge on any atom is 0.292 e. The van der Waals surface area contributed by atoms with Crippen molar-refractivity contribution in [1.29, 1.82) is 0 Å². The van der Waals surface area contributed by atoms with Crippen LogP contribution >= 0.6 is 0 Å². The normalized spacial score (nSPS) is 10.2. The topological polar surface area (TPSA) is 111 Å². The first-order valence-electron chi connectivity index (χ1n) is 9.01. The second-order valence-electron chi connectivity index (χ2n) is 5.93. The molecule has 0 bridgehead atoms. The van der Waals surface area contributed by atoms with Gasteiger partial charge in [0.25, 0.3) is 5.69 Å². The highest BCUT2D eigenvalue weighted by Gasteiger charge is 2.12. The number of hydrogen-bond donors (Lipinski definition) is 2. The molecule has 0 aliphatic carbocycles. The Balaban J connectivity index is 1.70. The van der Waals surface area contributed by atoms with Gasteiger partial charge < -0.3 is 15.4 Å². The number of hydrogen-bond acceptors (Lipinski definition) is 6. The zero-order valence-corrected chi connectivity index (χ0v) is 15.6. The maximum atomic E-state index is 12.1. The van der Waals surface area contributed by atoms with Crippen molar-refractivity contribution in [2.24, 2.45) is 0 Å². The summed E-state index contributed by atoms with van der Waals surface area (Å²) in [6, 6.07) is 13.1. The number of amides is 1. The molecule has 8 heteroatoms. The number of Topliss-reactive ketones (excluding diaryl/α,β-unsaturated/α-hetero) is 1. The van der Waals surface area contributed by atoms with Gasteiger partial charge in [0.05, 0.1) is 11.5 Å². The van der Waals surface area contributed by atoms with Gasteiger partial charge in [-0.15, -0.1) is 0 Å². The van der Waals surface area contributed by atoms with Crippen molar-refractivity contribution in [3.05, 3.63) is 64.2 Å². The molecule has 2 N–H and O–H groups in total. The number of carbonyl (C=O) groups excluding carboxylic acids is 2. The molecule has 0 radical (unpaired) electrons. The van der Waals surface area contributed by atoms with Crippen molar-refractivity contribution in [3.63, 3.8) is 0 Å². The molecular weight excluding hydrogens is 362 g/mol. The van der Waals surface area contributed by atoms with E-state index in [1.165, 1.54) is 6.07 Å². The van der Waals surface area contributed by atoms with Gasteiger partial charge in [0, 0.05) is 37.6 Å². The number of benzene rings is 2. The second-order valence-corrected chi connectivity index (χ2v) is 5.93. The number of ketones is 1. The Morgan fingerprint density at radius 3 is 2.43 bits per heavy atom. The van der Waals surface area contributed by atoms with Gasteiger partial charge >= 0.3 is 0 Å². The predicted octanol–water partition coefficient (Wildman–Crippen LogP) is 3.18. The lowest BCUT2D eigenvalue weighted by Gasteiger charge is -2.08. The van der Waals surface area contributed by atoms with E-state index in [9.17, 15) is 19.7 Å². The zero-order valence-electron chi connectivity index (χ0n) is 15.6. The molecule has 2 aromatic rings. The number of para-hydroxylation sites is 2. The van der Waals surface area contributed by atoms with Crippen LogP contribution < -0.4 is 15.4 Å². The quantitative estimate of drug-likeness (QED) is 0.266. The van der Waals surface area contributed by atoms with Crippen molar-refractivity contribution >= 4 is 23.1 Å². The van der Waals surface area contributed by atoms with E-state index in [2.05, 4.69) is 10.6 Å². The summed E-state index contributed by atoms with van der Waals surface area (Å²) in [7, 11) is 0. The van der Waals surface area contributed by atoms with Gasteiger partial charge in [-0.05, 0) is 37.3 Å². The van der Waals surface area contributed by atoms with Crippen LogP contribution in [-0.2, 0) is 4.79 Å². The van der Waals surface area contributed by atoms with Gasteiger partial charge in [0.1, 0.15) is 11.4 Å². The van der Waals surface area contributed by atoms with Crippen LogP contribution in [0.15, 0.2) is 48.5 Å². The molecule has 0 aliphatic rings. The third-order valence-electron chi connectivity index (χ3n) is 3.93. The first-order chi connectivity index (χ1) is 13.5. The third-order valence-corrected chi connectivity index (χ3v) is 3.93. The maximum absolute atomic E-state index is 12.1. The lowest BCUT2D eigenvalue weighted by Crippen LogP contribution is -2.29. The average molecular weight is 385 g/mol. The molecule has 0 atom stereocenters. The van der Waals surface area contributed by atoms with E-state index in [-0.39, 0.29) is 30.2 Å². The molecule has 0 heterocycles. The van der Waals surface area contributed by atoms with Crippen LogP contribution in [-0.4, -0.2) is 36.3 Å². The summed E-state index contributed by atoms with van der Waals surface area (Å²) in [6.07, 6.45) is 0.189. The van der Waals surface area contributed by atoms with Crippen molar-refractivity contribution in [1.82, 2.24) is 5.32 Å². The number of nitrogens with one attached hydrogen (secondary N) is 2. The fourth-order valence-corrected chi connectivity index (χ4v) is 2.54. The van der Waals surface area contributed by atoms with Crippen LogP contribution in [0, 0.1) is 10.1 Å². The van der Waals surface area contributed by atoms with Crippen LogP contribution in [0.5, 0.6) is 5.75 Å². The van der Waals surface area contributed by atoms with Crippen molar-refractivity contribution in [2.45, 2.75) is 19.8 Å². The summed E-state index contributed by atoms with van der Waals surface area (Å²) in [5.74, 6) is 0.336. The molecule has 0 aliphatic heterocycles. The summed E-state index contributed by atoms with van der Waals surface area (Å²) in [5, 5.41) is 16.5. The molecule has 148 valence electrons. The van der Waals surface area contributed by atoms with E-state index in [1.807, 2.05) is 6.92 Å². The molecule has 0 spiro atoms. The largest absolute Gasteiger partial charge is 0.494 e. The van der Waals surface area contributed by atoms with Crippen LogP contribution in [0.25, 0.3) is 0 Å². The fraction of sp³-hybridized carbons (Fsp3) is 0.300. The van der Waals surface area contributed by atoms with Crippen LogP contribution in [0.2, 0.25) is 0 Å². The van der Waals surface area contributed by atoms with E-state index in [0.717, 1.165) is 0 Å². The van der Waals surface area contributed by atoms with Crippen LogP contribution in [0.3, 0.4) is 0 Å². The monoisotopic (exact) mass is 385 g/mol. The predicted molar refractivity (Wildman–Crippen MR) is 106 cm³/mol. The number of nitro groups is 1. The van der Waals surface area contributed by atoms with E-state index >= 15 is 0 Å². The number of rotatable bonds is 11. The highest BCUT2D eigenvalue weighted by Crippen LogP contribution is 2.22. The SMILES string of the molecule is CCOc1ccc(C(=O)CCC(=O)NCCNc2ccccc2[N+](=O)[O-])cc1. The Bertz CT molecular complexity index is 821. The van der Waals surface area contributed by atoms with Gasteiger partial charge in [0.15, 0.2) is 5.78 Å². The fourth-order valence-electron chi connectivity index (χ4n) is 2.54. The van der Waals surface area contributed by atoms with Crippen molar-refractivity contribution < 1.29 is 19.2 Å². The molecule has 2 aromatic carbocycles. The molecule has 0 fully saturated rings. The summed E-state index contributed by atoms with van der Waals surface area (Å²) in [6.45, 7) is 3.07. The Labute approximate surface area is 163 Å². The number of nitrogens with zero attached hydrogens (tertiary/aromatic N) is 1. The highest BCUT2D eigenvalue weighted by molar-refractivity contribution is 5.98. The standard InChI is InChI=1S/C20H23N3O5/c1-2-28-16-9-7-15(8-10-16)19(24)11-12-20(25)22-14-13-21-17-5-3-4-6-18(17)23(26)27/h3-10,21H,2,11-14H2,1H3,(H,22,25). The lowest BCUT2D eigenvalue weighted by molar-refractivity contribution is -0.384. The number of nitro benzene ring substituents is 1. The molecule has 0 aromatic heterocycles. The Morgan fingerprint density at radius 1 is 1.04 bits per heavy atom. The minimum absolute atomic E-state index is 0.0187. The average Bonchev–Trinajstić information content (AvgIpc) is 2.70. The smallest absolute Gasteiger partial charge is 0.292 e. The van der Waals surface area contributed by atoms with Crippen molar-refractivity contribution in [2.75, 3.05) is 25.0 Å². The number of ether oxygens (including phenoxy) is 1. The molecule has 28 heavy (non-hydrogen) atoms. The molecule has 1 amide bonds. The molecular formula is C20H23N3O5. The first kappa shape index (κ1) is 20.9. The molecule has 2 rings (SSSR count). The van der Waals surface area contributed by atoms with Gasteiger partial charge in [-0.25, -0.2) is 0 Å². The van der Waals surface area contributed by atoms with Gasteiger partial charge in [-0.1, -0.05) is 12.1 Å². The minimum Gasteiger partial charge on any atom is -0.494 e. The lowest BCUT2D eigenvalue weighted by atomic mass is 10.1.